The summed E-state index contributed by atoms with van der Waals surface area (Å²) in [6.45, 7) is -1.10. The SMILES string of the molecule is O=c1[nH]c(NC[C@@H](O)[C@H](O)CO)nc2c1ncn2[C@H]1C[C@H](O)[C@@H](CO)O1. The minimum Gasteiger partial charge on any atom is -0.394 e. The second kappa shape index (κ2) is 7.65. The summed E-state index contributed by atoms with van der Waals surface area (Å²) in [5.74, 6) is 0.0330. The smallest absolute Gasteiger partial charge is 0.280 e. The molecule has 0 unspecified atom stereocenters. The molecule has 0 spiro atoms. The van der Waals surface area contributed by atoms with Gasteiger partial charge in [-0.1, -0.05) is 0 Å². The van der Waals surface area contributed by atoms with Crippen LogP contribution in [0.5, 0.6) is 0 Å². The van der Waals surface area contributed by atoms with Crippen molar-refractivity contribution in [2.75, 3.05) is 25.1 Å². The second-order valence-electron chi connectivity index (χ2n) is 6.05. The number of hydrogen-bond acceptors (Lipinski definition) is 10. The van der Waals surface area contributed by atoms with E-state index >= 15 is 0 Å². The molecule has 12 nitrogen and oxygen atoms in total. The number of aliphatic hydroxyl groups excluding tert-OH is 5. The number of H-pyrrole nitrogens is 1. The Kier molecular flexibility index (Phi) is 5.50. The molecule has 0 saturated carbocycles. The number of aromatic amines is 1. The first kappa shape index (κ1) is 18.7. The number of anilines is 1. The van der Waals surface area contributed by atoms with E-state index in [1.165, 1.54) is 10.9 Å². The van der Waals surface area contributed by atoms with E-state index in [1.807, 2.05) is 0 Å². The number of aliphatic hydroxyl groups is 5. The van der Waals surface area contributed by atoms with Gasteiger partial charge in [-0.25, -0.2) is 4.98 Å². The lowest BCUT2D eigenvalue weighted by molar-refractivity contribution is -0.0432. The minimum atomic E-state index is -1.33. The Morgan fingerprint density at radius 2 is 2.15 bits per heavy atom. The highest BCUT2D eigenvalue weighted by Crippen LogP contribution is 2.30. The zero-order chi connectivity index (χ0) is 18.8. The minimum absolute atomic E-state index is 0.0330. The molecule has 144 valence electrons. The number of hydrogen-bond donors (Lipinski definition) is 7. The summed E-state index contributed by atoms with van der Waals surface area (Å²) in [6, 6.07) is 0. The molecule has 0 bridgehead atoms. The number of ether oxygens (including phenoxy) is 1. The molecule has 0 aromatic carbocycles. The maximum absolute atomic E-state index is 12.2. The summed E-state index contributed by atoms with van der Waals surface area (Å²) in [6.07, 6.45) is -3.25. The monoisotopic (exact) mass is 371 g/mol. The van der Waals surface area contributed by atoms with Crippen molar-refractivity contribution in [2.24, 2.45) is 0 Å². The van der Waals surface area contributed by atoms with Crippen molar-refractivity contribution in [3.05, 3.63) is 16.7 Å². The number of nitrogens with one attached hydrogen (secondary N) is 2. The van der Waals surface area contributed by atoms with Gasteiger partial charge in [-0.3, -0.25) is 14.3 Å². The molecular formula is C14H21N5O7. The van der Waals surface area contributed by atoms with E-state index in [9.17, 15) is 25.2 Å². The first-order valence-corrected chi connectivity index (χ1v) is 8.06. The van der Waals surface area contributed by atoms with Gasteiger partial charge in [0, 0.05) is 13.0 Å². The molecule has 0 amide bonds. The molecule has 5 atom stereocenters. The topological polar surface area (TPSA) is 186 Å². The third-order valence-corrected chi connectivity index (χ3v) is 4.24. The maximum Gasteiger partial charge on any atom is 0.280 e. The van der Waals surface area contributed by atoms with Crippen molar-refractivity contribution in [1.29, 1.82) is 0 Å². The van der Waals surface area contributed by atoms with Gasteiger partial charge < -0.3 is 35.6 Å². The number of aromatic nitrogens is 4. The first-order chi connectivity index (χ1) is 12.4. The van der Waals surface area contributed by atoms with Gasteiger partial charge in [0.2, 0.25) is 5.95 Å². The molecule has 1 fully saturated rings. The van der Waals surface area contributed by atoms with E-state index in [0.717, 1.165) is 0 Å². The average molecular weight is 371 g/mol. The number of imidazole rings is 1. The molecule has 0 aliphatic carbocycles. The van der Waals surface area contributed by atoms with Crippen molar-refractivity contribution in [2.45, 2.75) is 37.1 Å². The van der Waals surface area contributed by atoms with E-state index in [1.54, 1.807) is 0 Å². The van der Waals surface area contributed by atoms with Crippen molar-refractivity contribution in [1.82, 2.24) is 19.5 Å². The standard InChI is InChI=1S/C14H21N5O7/c20-3-8(24)7(23)2-15-14-17-12-11(13(25)18-14)16-5-19(12)10-1-6(22)9(4-21)26-10/h5-10,20-24H,1-4H2,(H2,15,17,18,25)/t6-,7+,8+,9+,10+/m0/s1. The van der Waals surface area contributed by atoms with Gasteiger partial charge in [-0.05, 0) is 0 Å². The third kappa shape index (κ3) is 3.56. The molecule has 12 heteroatoms. The van der Waals surface area contributed by atoms with E-state index in [-0.39, 0.29) is 36.7 Å². The van der Waals surface area contributed by atoms with Gasteiger partial charge >= 0.3 is 0 Å². The average Bonchev–Trinajstić information content (AvgIpc) is 3.22. The Bertz CT molecular complexity index is 809. The lowest BCUT2D eigenvalue weighted by Crippen LogP contribution is -2.35. The van der Waals surface area contributed by atoms with Crippen LogP contribution in [0.25, 0.3) is 11.2 Å². The molecule has 0 radical (unpaired) electrons. The van der Waals surface area contributed by atoms with Crippen LogP contribution in [0.1, 0.15) is 12.6 Å². The predicted molar refractivity (Wildman–Crippen MR) is 87.4 cm³/mol. The first-order valence-electron chi connectivity index (χ1n) is 8.06. The summed E-state index contributed by atoms with van der Waals surface area (Å²) < 4.78 is 7.03. The van der Waals surface area contributed by atoms with Crippen LogP contribution in [0.4, 0.5) is 5.95 Å². The fourth-order valence-electron chi connectivity index (χ4n) is 2.73. The summed E-state index contributed by atoms with van der Waals surface area (Å²) in [7, 11) is 0. The number of fused-ring (bicyclic) bond motifs is 1. The van der Waals surface area contributed by atoms with Crippen LogP contribution in [0, 0.1) is 0 Å². The Morgan fingerprint density at radius 1 is 1.38 bits per heavy atom. The van der Waals surface area contributed by atoms with Crippen LogP contribution in [0.3, 0.4) is 0 Å². The highest BCUT2D eigenvalue weighted by molar-refractivity contribution is 5.70. The highest BCUT2D eigenvalue weighted by Gasteiger charge is 2.35. The van der Waals surface area contributed by atoms with Crippen molar-refractivity contribution in [3.63, 3.8) is 0 Å². The molecule has 2 aromatic rings. The van der Waals surface area contributed by atoms with Crippen molar-refractivity contribution < 1.29 is 30.3 Å². The van der Waals surface area contributed by atoms with Crippen LogP contribution in [0.2, 0.25) is 0 Å². The van der Waals surface area contributed by atoms with Gasteiger partial charge in [-0.15, -0.1) is 0 Å². The van der Waals surface area contributed by atoms with E-state index < -0.39 is 42.8 Å². The van der Waals surface area contributed by atoms with Crippen LogP contribution in [0.15, 0.2) is 11.1 Å². The summed E-state index contributed by atoms with van der Waals surface area (Å²) in [5, 5.41) is 49.5. The molecule has 26 heavy (non-hydrogen) atoms. The molecule has 7 N–H and O–H groups in total. The molecule has 1 aliphatic heterocycles. The zero-order valence-corrected chi connectivity index (χ0v) is 13.7. The second-order valence-corrected chi connectivity index (χ2v) is 6.05. The molecule has 1 saturated heterocycles. The van der Waals surface area contributed by atoms with Crippen LogP contribution < -0.4 is 10.9 Å². The van der Waals surface area contributed by atoms with Crippen LogP contribution in [-0.2, 0) is 4.74 Å². The fraction of sp³-hybridized carbons (Fsp3) is 0.643. The quantitative estimate of drug-likeness (QED) is 0.262. The third-order valence-electron chi connectivity index (χ3n) is 4.24. The summed E-state index contributed by atoms with van der Waals surface area (Å²) in [5.41, 5.74) is -0.257. The van der Waals surface area contributed by atoms with Gasteiger partial charge in [0.1, 0.15) is 18.4 Å². The Labute approximate surface area is 146 Å². The molecule has 3 rings (SSSR count). The van der Waals surface area contributed by atoms with Crippen molar-refractivity contribution >= 4 is 17.1 Å². The van der Waals surface area contributed by atoms with Gasteiger partial charge in [0.25, 0.3) is 5.56 Å². The van der Waals surface area contributed by atoms with Crippen molar-refractivity contribution in [3.8, 4) is 0 Å². The Hall–Kier alpha value is -2.09. The highest BCUT2D eigenvalue weighted by atomic mass is 16.5. The largest absolute Gasteiger partial charge is 0.394 e. The van der Waals surface area contributed by atoms with E-state index in [2.05, 4.69) is 20.3 Å². The van der Waals surface area contributed by atoms with Gasteiger partial charge in [0.05, 0.1) is 31.7 Å². The molecule has 1 aliphatic rings. The summed E-state index contributed by atoms with van der Waals surface area (Å²) in [4.78, 5) is 22.8. The normalized spacial score (nSPS) is 25.5. The Morgan fingerprint density at radius 3 is 2.81 bits per heavy atom. The van der Waals surface area contributed by atoms with Crippen LogP contribution >= 0.6 is 0 Å². The maximum atomic E-state index is 12.2. The fourth-order valence-corrected chi connectivity index (χ4v) is 2.73. The number of nitrogens with zero attached hydrogens (tertiary/aromatic N) is 3. The number of rotatable bonds is 7. The summed E-state index contributed by atoms with van der Waals surface area (Å²) >= 11 is 0. The zero-order valence-electron chi connectivity index (χ0n) is 13.7. The molecular weight excluding hydrogens is 350 g/mol. The molecule has 3 heterocycles. The van der Waals surface area contributed by atoms with E-state index in [4.69, 9.17) is 9.84 Å². The molecule has 2 aromatic heterocycles. The predicted octanol–water partition coefficient (Wildman–Crippen LogP) is -3.11. The lowest BCUT2D eigenvalue weighted by Gasteiger charge is -2.16. The Balaban J connectivity index is 1.84. The van der Waals surface area contributed by atoms with Crippen LogP contribution in [-0.4, -0.2) is 89.2 Å². The van der Waals surface area contributed by atoms with E-state index in [0.29, 0.717) is 0 Å². The van der Waals surface area contributed by atoms with Gasteiger partial charge in [-0.2, -0.15) is 4.98 Å². The van der Waals surface area contributed by atoms with Gasteiger partial charge in [0.15, 0.2) is 11.2 Å². The lowest BCUT2D eigenvalue weighted by atomic mass is 10.2.